The van der Waals surface area contributed by atoms with Crippen molar-refractivity contribution < 1.29 is 0 Å². The van der Waals surface area contributed by atoms with Gasteiger partial charge in [-0.1, -0.05) is 118 Å². The molecule has 0 heteroatoms. The fraction of sp³-hybridized carbons (Fsp3) is 0.920. The van der Waals surface area contributed by atoms with Gasteiger partial charge in [-0.2, -0.15) is 0 Å². The van der Waals surface area contributed by atoms with Gasteiger partial charge in [0.1, 0.15) is 0 Å². The van der Waals surface area contributed by atoms with Crippen LogP contribution in [-0.2, 0) is 0 Å². The molecule has 0 N–H and O–H groups in total. The molecule has 0 fully saturated rings. The Morgan fingerprint density at radius 3 is 1.16 bits per heavy atom. The molecule has 0 saturated heterocycles. The minimum atomic E-state index is 0.694. The Morgan fingerprint density at radius 2 is 0.840 bits per heavy atom. The second-order valence-corrected chi connectivity index (χ2v) is 9.65. The number of hydrogen-bond acceptors (Lipinski definition) is 0. The van der Waals surface area contributed by atoms with E-state index in [1.807, 2.05) is 0 Å². The lowest BCUT2D eigenvalue weighted by atomic mass is 9.90. The summed E-state index contributed by atoms with van der Waals surface area (Å²) in [4.78, 5) is 0. The Bertz CT molecular complexity index is 290. The molecule has 0 radical (unpaired) electrons. The second-order valence-electron chi connectivity index (χ2n) is 9.65. The van der Waals surface area contributed by atoms with Crippen molar-refractivity contribution in [3.8, 4) is 0 Å². The monoisotopic (exact) mass is 350 g/mol. The van der Waals surface area contributed by atoms with Gasteiger partial charge in [0.25, 0.3) is 0 Å². The first-order valence-corrected chi connectivity index (χ1v) is 11.5. The molecule has 0 spiro atoms. The molecule has 0 aliphatic heterocycles. The highest BCUT2D eigenvalue weighted by atomic mass is 14.1. The van der Waals surface area contributed by atoms with Gasteiger partial charge in [0.2, 0.25) is 0 Å². The summed E-state index contributed by atoms with van der Waals surface area (Å²) in [5.74, 6) is 4.34. The summed E-state index contributed by atoms with van der Waals surface area (Å²) in [7, 11) is 0. The van der Waals surface area contributed by atoms with Crippen molar-refractivity contribution in [1.29, 1.82) is 0 Å². The lowest BCUT2D eigenvalue weighted by molar-refractivity contribution is 0.370. The molecule has 0 aromatic carbocycles. The zero-order valence-corrected chi connectivity index (χ0v) is 18.7. The molecule has 25 heavy (non-hydrogen) atoms. The molecule has 150 valence electrons. The van der Waals surface area contributed by atoms with Crippen LogP contribution in [0.2, 0.25) is 0 Å². The van der Waals surface area contributed by atoms with E-state index in [1.165, 1.54) is 77.0 Å². The van der Waals surface area contributed by atoms with Crippen LogP contribution in [0.5, 0.6) is 0 Å². The molecule has 4 atom stereocenters. The lowest BCUT2D eigenvalue weighted by Crippen LogP contribution is -2.02. The number of allylic oxidation sites excluding steroid dienone is 1. The van der Waals surface area contributed by atoms with E-state index in [9.17, 15) is 0 Å². The van der Waals surface area contributed by atoms with Crippen LogP contribution in [-0.4, -0.2) is 0 Å². The Hall–Kier alpha value is -0.260. The van der Waals surface area contributed by atoms with Gasteiger partial charge in [0, 0.05) is 0 Å². The molecular weight excluding hydrogens is 300 g/mol. The van der Waals surface area contributed by atoms with Gasteiger partial charge in [0.15, 0.2) is 0 Å². The quantitative estimate of drug-likeness (QED) is 0.229. The third-order valence-corrected chi connectivity index (χ3v) is 6.02. The predicted molar refractivity (Wildman–Crippen MR) is 117 cm³/mol. The summed E-state index contributed by atoms with van der Waals surface area (Å²) in [6, 6.07) is 0. The second kappa shape index (κ2) is 16.0. The normalized spacial score (nSPS) is 16.6. The van der Waals surface area contributed by atoms with Crippen molar-refractivity contribution in [2.45, 2.75) is 119 Å². The highest BCUT2D eigenvalue weighted by Crippen LogP contribution is 2.23. The SMILES string of the molecule is C=CC(C)CCCC(C)CCCC(C)CCCC(C)CCCC(C)C. The zero-order valence-electron chi connectivity index (χ0n) is 18.7. The first-order valence-electron chi connectivity index (χ1n) is 11.5. The van der Waals surface area contributed by atoms with Crippen LogP contribution in [0.4, 0.5) is 0 Å². The van der Waals surface area contributed by atoms with Crippen molar-refractivity contribution in [1.82, 2.24) is 0 Å². The minimum Gasteiger partial charge on any atom is -0.103 e. The molecule has 0 aromatic rings. The molecule has 0 aliphatic carbocycles. The van der Waals surface area contributed by atoms with Gasteiger partial charge in [-0.3, -0.25) is 0 Å². The third-order valence-electron chi connectivity index (χ3n) is 6.02. The topological polar surface area (TPSA) is 0 Å². The van der Waals surface area contributed by atoms with E-state index in [2.05, 4.69) is 54.2 Å². The molecular formula is C25H50. The zero-order chi connectivity index (χ0) is 19.1. The highest BCUT2D eigenvalue weighted by molar-refractivity contribution is 4.74. The van der Waals surface area contributed by atoms with Crippen molar-refractivity contribution in [3.05, 3.63) is 12.7 Å². The van der Waals surface area contributed by atoms with E-state index in [1.54, 1.807) is 0 Å². The molecule has 0 saturated carbocycles. The van der Waals surface area contributed by atoms with Crippen LogP contribution in [0, 0.1) is 29.6 Å². The standard InChI is InChI=1S/C25H50/c1-8-22(4)14-10-16-24(6)18-12-20-25(7)19-11-17-23(5)15-9-13-21(2)3/h8,21-25H,1,9-20H2,2-7H3. The molecule has 0 aromatic heterocycles. The Balaban J connectivity index is 3.53. The van der Waals surface area contributed by atoms with E-state index < -0.39 is 0 Å². The fourth-order valence-corrected chi connectivity index (χ4v) is 3.84. The molecule has 0 rings (SSSR count). The van der Waals surface area contributed by atoms with Gasteiger partial charge in [0.05, 0.1) is 0 Å². The average molecular weight is 351 g/mol. The fourth-order valence-electron chi connectivity index (χ4n) is 3.84. The van der Waals surface area contributed by atoms with Crippen LogP contribution in [0.1, 0.15) is 119 Å². The third kappa shape index (κ3) is 16.9. The van der Waals surface area contributed by atoms with Gasteiger partial charge >= 0.3 is 0 Å². The van der Waals surface area contributed by atoms with E-state index in [-0.39, 0.29) is 0 Å². The first kappa shape index (κ1) is 24.7. The van der Waals surface area contributed by atoms with Crippen molar-refractivity contribution in [3.63, 3.8) is 0 Å². The molecule has 0 bridgehead atoms. The van der Waals surface area contributed by atoms with Crippen molar-refractivity contribution in [2.75, 3.05) is 0 Å². The number of hydrogen-bond donors (Lipinski definition) is 0. The smallest absolute Gasteiger partial charge is 0.0265 e. The summed E-state index contributed by atoms with van der Waals surface area (Å²) >= 11 is 0. The van der Waals surface area contributed by atoms with Crippen LogP contribution in [0.25, 0.3) is 0 Å². The van der Waals surface area contributed by atoms with Crippen molar-refractivity contribution in [2.24, 2.45) is 29.6 Å². The van der Waals surface area contributed by atoms with Crippen LogP contribution >= 0.6 is 0 Å². The van der Waals surface area contributed by atoms with Crippen LogP contribution in [0.3, 0.4) is 0 Å². The maximum atomic E-state index is 3.88. The Labute approximate surface area is 161 Å². The maximum Gasteiger partial charge on any atom is -0.0265 e. The van der Waals surface area contributed by atoms with Gasteiger partial charge < -0.3 is 0 Å². The lowest BCUT2D eigenvalue weighted by Gasteiger charge is -2.16. The summed E-state index contributed by atoms with van der Waals surface area (Å²) in [6.07, 6.45) is 19.1. The molecule has 4 unspecified atom stereocenters. The van der Waals surface area contributed by atoms with E-state index in [0.717, 1.165) is 23.7 Å². The van der Waals surface area contributed by atoms with Gasteiger partial charge in [-0.25, -0.2) is 0 Å². The Kier molecular flexibility index (Phi) is 15.8. The van der Waals surface area contributed by atoms with Gasteiger partial charge in [-0.15, -0.1) is 6.58 Å². The highest BCUT2D eigenvalue weighted by Gasteiger charge is 2.08. The largest absolute Gasteiger partial charge is 0.103 e. The van der Waals surface area contributed by atoms with Crippen LogP contribution in [0.15, 0.2) is 12.7 Å². The minimum absolute atomic E-state index is 0.694. The molecule has 0 nitrogen and oxygen atoms in total. The first-order chi connectivity index (χ1) is 11.8. The summed E-state index contributed by atoms with van der Waals surface area (Å²) < 4.78 is 0. The van der Waals surface area contributed by atoms with E-state index >= 15 is 0 Å². The van der Waals surface area contributed by atoms with Crippen LogP contribution < -0.4 is 0 Å². The average Bonchev–Trinajstić information content (AvgIpc) is 2.54. The summed E-state index contributed by atoms with van der Waals surface area (Å²) in [5.41, 5.74) is 0. The predicted octanol–water partition coefficient (Wildman–Crippen LogP) is 9.05. The van der Waals surface area contributed by atoms with E-state index in [0.29, 0.717) is 5.92 Å². The summed E-state index contributed by atoms with van der Waals surface area (Å²) in [5, 5.41) is 0. The van der Waals surface area contributed by atoms with Crippen molar-refractivity contribution >= 4 is 0 Å². The maximum absolute atomic E-state index is 3.88. The molecule has 0 amide bonds. The molecule has 0 aliphatic rings. The van der Waals surface area contributed by atoms with Gasteiger partial charge in [-0.05, 0) is 36.0 Å². The van der Waals surface area contributed by atoms with E-state index in [4.69, 9.17) is 0 Å². The summed E-state index contributed by atoms with van der Waals surface area (Å²) in [6.45, 7) is 18.2. The molecule has 0 heterocycles. The number of rotatable bonds is 17. The Morgan fingerprint density at radius 1 is 0.520 bits per heavy atom.